The number of unbranched alkanes of at least 4 members (excludes halogenated alkanes) is 8. The first kappa shape index (κ1) is 39.3. The minimum atomic E-state index is -0.270. The second-order valence-electron chi connectivity index (χ2n) is 17.0. The van der Waals surface area contributed by atoms with Crippen LogP contribution >= 0.6 is 15.9 Å². The fourth-order valence-electron chi connectivity index (χ4n) is 11.0. The summed E-state index contributed by atoms with van der Waals surface area (Å²) in [5, 5.41) is 0. The minimum Gasteiger partial charge on any atom is -0.462 e. The van der Waals surface area contributed by atoms with Gasteiger partial charge in [0.2, 0.25) is 0 Å². The van der Waals surface area contributed by atoms with Gasteiger partial charge in [-0.25, -0.2) is 0 Å². The molecule has 0 aromatic heterocycles. The molecular weight excluding hydrogens is 688 g/mol. The van der Waals surface area contributed by atoms with E-state index in [1.807, 2.05) is 12.1 Å². The second kappa shape index (κ2) is 18.2. The molecule has 0 spiro atoms. The van der Waals surface area contributed by atoms with E-state index in [1.165, 1.54) is 70.6 Å². The molecule has 0 heterocycles. The number of carbonyl (C=O) groups excluding carboxylic acids is 3. The number of esters is 2. The normalized spacial score (nSPS) is 30.7. The van der Waals surface area contributed by atoms with Crippen LogP contribution in [0.3, 0.4) is 0 Å². The van der Waals surface area contributed by atoms with E-state index in [1.54, 1.807) is 17.7 Å². The number of benzene rings is 1. The summed E-state index contributed by atoms with van der Waals surface area (Å²) in [6, 6.07) is 7.15. The van der Waals surface area contributed by atoms with Crippen LogP contribution in [0.1, 0.15) is 166 Å². The van der Waals surface area contributed by atoms with Crippen LogP contribution in [-0.4, -0.2) is 30.4 Å². The summed E-state index contributed by atoms with van der Waals surface area (Å²) >= 11 is 3.39. The molecule has 0 aliphatic heterocycles. The summed E-state index contributed by atoms with van der Waals surface area (Å²) in [7, 11) is 0. The van der Waals surface area contributed by atoms with Crippen LogP contribution in [-0.2, 0) is 19.1 Å². The first-order chi connectivity index (χ1) is 24.0. The molecule has 4 aliphatic carbocycles. The Labute approximate surface area is 311 Å². The highest BCUT2D eigenvalue weighted by atomic mass is 79.9. The molecule has 1 unspecified atom stereocenters. The summed E-state index contributed by atoms with van der Waals surface area (Å²) in [6.45, 7) is 9.49. The second-order valence-corrected chi connectivity index (χ2v) is 17.9. The van der Waals surface area contributed by atoms with Crippen LogP contribution in [0, 0.1) is 40.4 Å². The van der Waals surface area contributed by atoms with E-state index in [9.17, 15) is 14.4 Å². The van der Waals surface area contributed by atoms with E-state index in [0.717, 1.165) is 61.3 Å². The zero-order valence-electron chi connectivity index (χ0n) is 31.6. The van der Waals surface area contributed by atoms with Gasteiger partial charge in [0.25, 0.3) is 0 Å². The van der Waals surface area contributed by atoms with Crippen molar-refractivity contribution in [1.82, 2.24) is 0 Å². The predicted octanol–water partition coefficient (Wildman–Crippen LogP) is 12.0. The van der Waals surface area contributed by atoms with Crippen LogP contribution in [0.25, 0.3) is 0 Å². The van der Waals surface area contributed by atoms with Crippen LogP contribution in [0.2, 0.25) is 0 Å². The van der Waals surface area contributed by atoms with E-state index in [4.69, 9.17) is 9.47 Å². The highest BCUT2D eigenvalue weighted by molar-refractivity contribution is 9.10. The first-order valence-corrected chi connectivity index (χ1v) is 21.2. The number of fused-ring (bicyclic) bond motifs is 5. The average molecular weight is 754 g/mol. The first-order valence-electron chi connectivity index (χ1n) is 20.4. The lowest BCUT2D eigenvalue weighted by Gasteiger charge is -2.58. The molecule has 5 nitrogen and oxygen atoms in total. The van der Waals surface area contributed by atoms with Gasteiger partial charge in [-0.05, 0) is 110 Å². The van der Waals surface area contributed by atoms with E-state index < -0.39 is 0 Å². The monoisotopic (exact) mass is 752 g/mol. The van der Waals surface area contributed by atoms with Crippen molar-refractivity contribution in [2.24, 2.45) is 40.4 Å². The third-order valence-electron chi connectivity index (χ3n) is 13.9. The summed E-state index contributed by atoms with van der Waals surface area (Å²) < 4.78 is 12.4. The van der Waals surface area contributed by atoms with Crippen molar-refractivity contribution in [2.45, 2.75) is 162 Å². The summed E-state index contributed by atoms with van der Waals surface area (Å²) in [6.07, 6.45) is 25.0. The molecule has 3 saturated carbocycles. The van der Waals surface area contributed by atoms with Crippen LogP contribution in [0.5, 0.6) is 0 Å². The van der Waals surface area contributed by atoms with Crippen LogP contribution in [0.15, 0.2) is 40.4 Å². The Kier molecular flexibility index (Phi) is 14.3. The molecule has 8 atom stereocenters. The third kappa shape index (κ3) is 9.53. The smallest absolute Gasteiger partial charge is 0.306 e. The molecular formula is C44H65BrO5. The van der Waals surface area contributed by atoms with Crippen molar-refractivity contribution in [1.29, 1.82) is 0 Å². The lowest BCUT2D eigenvalue weighted by molar-refractivity contribution is -0.151. The molecule has 6 heteroatoms. The number of hydrogen-bond donors (Lipinski definition) is 0. The number of hydrogen-bond acceptors (Lipinski definition) is 5. The summed E-state index contributed by atoms with van der Waals surface area (Å²) in [4.78, 5) is 37.9. The number of ether oxygens (including phenoxy) is 2. The molecule has 5 rings (SSSR count). The number of rotatable bonds is 18. The SMILES string of the molecule is CCCCCCCCCCCC(=O)O[C@H]1CC[C@@]2(C)C(=CCC3[C@@H]4CC[C@H]([C@H](C)CCC(=O)OCC(=O)c5ccc(Br)cc5)[C@@]4(C)CC[C@@H]32)C1. The van der Waals surface area contributed by atoms with Gasteiger partial charge in [-0.15, -0.1) is 0 Å². The molecule has 278 valence electrons. The maximum atomic E-state index is 12.8. The number of carbonyl (C=O) groups is 3. The van der Waals surface area contributed by atoms with Crippen LogP contribution in [0.4, 0.5) is 0 Å². The molecule has 0 amide bonds. The molecule has 0 N–H and O–H groups in total. The van der Waals surface area contributed by atoms with Gasteiger partial charge in [-0.3, -0.25) is 14.4 Å². The Morgan fingerprint density at radius 1 is 0.840 bits per heavy atom. The van der Waals surface area contributed by atoms with Crippen molar-refractivity contribution in [3.8, 4) is 0 Å². The maximum absolute atomic E-state index is 12.8. The molecule has 50 heavy (non-hydrogen) atoms. The summed E-state index contributed by atoms with van der Waals surface area (Å²) in [5.74, 6) is 2.80. The highest BCUT2D eigenvalue weighted by Gasteiger charge is 2.59. The van der Waals surface area contributed by atoms with Crippen molar-refractivity contribution in [3.63, 3.8) is 0 Å². The Morgan fingerprint density at radius 3 is 2.26 bits per heavy atom. The predicted molar refractivity (Wildman–Crippen MR) is 205 cm³/mol. The van der Waals surface area contributed by atoms with Crippen molar-refractivity contribution in [2.75, 3.05) is 6.61 Å². The van der Waals surface area contributed by atoms with Crippen molar-refractivity contribution < 1.29 is 23.9 Å². The minimum absolute atomic E-state index is 0.0119. The van der Waals surface area contributed by atoms with Gasteiger partial charge >= 0.3 is 11.9 Å². The van der Waals surface area contributed by atoms with Gasteiger partial charge in [0.05, 0.1) is 0 Å². The molecule has 0 saturated heterocycles. The Bertz CT molecular complexity index is 1320. The highest BCUT2D eigenvalue weighted by Crippen LogP contribution is 2.67. The van der Waals surface area contributed by atoms with E-state index in [2.05, 4.69) is 49.7 Å². The van der Waals surface area contributed by atoms with Crippen LogP contribution < -0.4 is 0 Å². The number of allylic oxidation sites excluding steroid dienone is 1. The average Bonchev–Trinajstić information content (AvgIpc) is 3.46. The zero-order valence-corrected chi connectivity index (χ0v) is 33.2. The van der Waals surface area contributed by atoms with Gasteiger partial charge in [-0.1, -0.05) is 119 Å². The lowest BCUT2D eigenvalue weighted by Crippen LogP contribution is -2.51. The number of halogens is 1. The largest absolute Gasteiger partial charge is 0.462 e. The van der Waals surface area contributed by atoms with E-state index in [0.29, 0.717) is 41.6 Å². The van der Waals surface area contributed by atoms with Gasteiger partial charge in [0.15, 0.2) is 12.4 Å². The standard InChI is InChI=1S/C44H65BrO5/c1-5-6-7-8-9-10-11-12-13-14-42(48)50-35-25-27-43(3)33(29-35)18-21-36-38-23-22-37(44(38,4)28-26-39(36)43)31(2)15-24-41(47)49-30-40(46)32-16-19-34(45)20-17-32/h16-20,31,35-39H,5-15,21-30H2,1-4H3/t31-,35+,36?,37-,38+,39+,43+,44-/m1/s1. The van der Waals surface area contributed by atoms with Crippen molar-refractivity contribution in [3.05, 3.63) is 46.0 Å². The fourth-order valence-corrected chi connectivity index (χ4v) is 11.3. The Morgan fingerprint density at radius 2 is 1.54 bits per heavy atom. The molecule has 1 aromatic carbocycles. The van der Waals surface area contributed by atoms with E-state index in [-0.39, 0.29) is 35.8 Å². The molecule has 4 aliphatic rings. The molecule has 0 radical (unpaired) electrons. The quantitative estimate of drug-likeness (QED) is 0.0646. The number of Topliss-reactive ketones (excluding diaryl/α,β-unsaturated/α-hetero) is 1. The van der Waals surface area contributed by atoms with Gasteiger partial charge in [-0.2, -0.15) is 0 Å². The Balaban J connectivity index is 1.05. The fraction of sp³-hybridized carbons (Fsp3) is 0.750. The van der Waals surface area contributed by atoms with Gasteiger partial charge in [0.1, 0.15) is 6.10 Å². The lowest BCUT2D eigenvalue weighted by atomic mass is 9.47. The molecule has 3 fully saturated rings. The molecule has 1 aromatic rings. The molecule has 0 bridgehead atoms. The zero-order chi connectivity index (χ0) is 35.7. The van der Waals surface area contributed by atoms with Crippen molar-refractivity contribution >= 4 is 33.7 Å². The Hall–Kier alpha value is -1.95. The maximum Gasteiger partial charge on any atom is 0.306 e. The summed E-state index contributed by atoms with van der Waals surface area (Å²) in [5.41, 5.74) is 2.66. The van der Waals surface area contributed by atoms with E-state index >= 15 is 0 Å². The topological polar surface area (TPSA) is 69.7 Å². The van der Waals surface area contributed by atoms with Gasteiger partial charge in [0, 0.05) is 29.3 Å². The third-order valence-corrected chi connectivity index (χ3v) is 14.5. The number of ketones is 1. The van der Waals surface area contributed by atoms with Gasteiger partial charge < -0.3 is 9.47 Å².